The van der Waals surface area contributed by atoms with E-state index in [1.165, 1.54) is 0 Å². The van der Waals surface area contributed by atoms with Crippen molar-refractivity contribution in [1.82, 2.24) is 0 Å². The second-order valence-corrected chi connectivity index (χ2v) is 15.4. The van der Waals surface area contributed by atoms with Gasteiger partial charge in [-0.3, -0.25) is 4.57 Å². The van der Waals surface area contributed by atoms with E-state index in [9.17, 15) is 14.3 Å². The van der Waals surface area contributed by atoms with E-state index in [1.807, 2.05) is 0 Å². The van der Waals surface area contributed by atoms with Gasteiger partial charge in [-0.1, -0.05) is 11.2 Å². The van der Waals surface area contributed by atoms with Gasteiger partial charge in [-0.25, -0.2) is 17.7 Å². The Balaban J connectivity index is 1.75. The molecule has 3 aliphatic heterocycles. The van der Waals surface area contributed by atoms with Gasteiger partial charge in [0, 0.05) is 65.4 Å². The fourth-order valence-corrected chi connectivity index (χ4v) is 9.72. The molecule has 0 amide bonds. The molecule has 1 unspecified atom stereocenters. The van der Waals surface area contributed by atoms with E-state index in [4.69, 9.17) is 10.1 Å². The van der Waals surface area contributed by atoms with Gasteiger partial charge in [0.05, 0.1) is 22.2 Å². The highest BCUT2D eigenvalue weighted by Gasteiger charge is 2.46. The minimum Gasteiger partial charge on any atom is -0.545 e. The highest BCUT2D eigenvalue weighted by Crippen LogP contribution is 2.65. The molecule has 0 spiro atoms. The predicted molar refractivity (Wildman–Crippen MR) is 172 cm³/mol. The fraction of sp³-hybridized carbons (Fsp3) is 0.412. The van der Waals surface area contributed by atoms with Crippen molar-refractivity contribution >= 4 is 41.3 Å². The smallest absolute Gasteiger partial charge is 0.263 e. The van der Waals surface area contributed by atoms with Crippen LogP contribution in [0.4, 0.5) is 24.5 Å². The van der Waals surface area contributed by atoms with Crippen molar-refractivity contribution in [2.75, 3.05) is 31.1 Å². The first-order valence-electron chi connectivity index (χ1n) is 15.8. The number of carbonyl (C=O) groups excluding carboxylic acids is 1. The molecule has 2 fully saturated rings. The maximum atomic E-state index is 16.4. The Morgan fingerprint density at radius 3 is 2.34 bits per heavy atom. The topological polar surface area (TPSA) is 121 Å². The van der Waals surface area contributed by atoms with Gasteiger partial charge in [-0.2, -0.15) is 0 Å². The summed E-state index contributed by atoms with van der Waals surface area (Å²) in [6.45, 7) is 8.35. The number of carboxylic acids is 1. The molecule has 246 valence electrons. The fourth-order valence-electron chi connectivity index (χ4n) is 6.88. The van der Waals surface area contributed by atoms with E-state index in [1.54, 1.807) is 57.2 Å². The second kappa shape index (κ2) is 12.5. The van der Waals surface area contributed by atoms with Gasteiger partial charge in [0.2, 0.25) is 5.71 Å². The number of azide groups is 1. The zero-order chi connectivity index (χ0) is 33.7. The summed E-state index contributed by atoms with van der Waals surface area (Å²) in [5.74, 6) is -7.65. The summed E-state index contributed by atoms with van der Waals surface area (Å²) in [5, 5.41) is 15.8. The minimum absolute atomic E-state index is 0.121. The average molecular weight is 666 g/mol. The number of rotatable bonds is 5. The van der Waals surface area contributed by atoms with Crippen molar-refractivity contribution < 1.29 is 36.7 Å². The van der Waals surface area contributed by atoms with Gasteiger partial charge in [0.15, 0.2) is 11.6 Å². The van der Waals surface area contributed by atoms with E-state index in [0.717, 1.165) is 76.1 Å². The second-order valence-electron chi connectivity index (χ2n) is 13.1. The van der Waals surface area contributed by atoms with Crippen molar-refractivity contribution in [3.8, 4) is 0 Å². The maximum Gasteiger partial charge on any atom is 0.263 e. The number of hydrogen-bond donors (Lipinski definition) is 0. The third-order valence-corrected chi connectivity index (χ3v) is 11.7. The highest BCUT2D eigenvalue weighted by molar-refractivity contribution is 7.71. The molecule has 0 radical (unpaired) electrons. The largest absolute Gasteiger partial charge is 0.545 e. The van der Waals surface area contributed by atoms with Crippen LogP contribution >= 0.6 is 7.37 Å². The Morgan fingerprint density at radius 2 is 1.70 bits per heavy atom. The summed E-state index contributed by atoms with van der Waals surface area (Å²) in [6.07, 6.45) is 11.1. The Bertz CT molecular complexity index is 1910. The number of hydrogen-bond acceptors (Lipinski definition) is 6. The van der Waals surface area contributed by atoms with Gasteiger partial charge in [0.25, 0.3) is 7.37 Å². The lowest BCUT2D eigenvalue weighted by Gasteiger charge is -2.38. The van der Waals surface area contributed by atoms with Gasteiger partial charge in [-0.15, -0.1) is 0 Å². The molecule has 0 N–H and O–H groups in total. The number of aromatic carboxylic acids is 1. The van der Waals surface area contributed by atoms with E-state index in [2.05, 4.69) is 19.5 Å². The van der Waals surface area contributed by atoms with E-state index in [0.29, 0.717) is 0 Å². The van der Waals surface area contributed by atoms with Crippen LogP contribution in [0.25, 0.3) is 16.0 Å². The lowest BCUT2D eigenvalue weighted by molar-refractivity contribution is -0.535. The summed E-state index contributed by atoms with van der Waals surface area (Å²) in [4.78, 5) is 17.0. The summed E-state index contributed by atoms with van der Waals surface area (Å²) >= 11 is 0. The molecule has 1 atom stereocenters. The molecule has 0 saturated carbocycles. The number of benzene rings is 2. The number of nitrogens with zero attached hydrogens (tertiary/aromatic N) is 5. The molecule has 2 aromatic rings. The van der Waals surface area contributed by atoms with Crippen LogP contribution in [-0.2, 0) is 9.09 Å². The molecule has 47 heavy (non-hydrogen) atoms. The Labute approximate surface area is 270 Å². The molecule has 4 aliphatic rings. The number of allylic oxidation sites excluding steroid dienone is 5. The molecule has 9 nitrogen and oxygen atoms in total. The summed E-state index contributed by atoms with van der Waals surface area (Å²) in [5.41, 5.74) is 6.13. The monoisotopic (exact) mass is 665 g/mol. The first kappa shape index (κ1) is 32.8. The lowest BCUT2D eigenvalue weighted by Crippen LogP contribution is -2.33. The van der Waals surface area contributed by atoms with Crippen molar-refractivity contribution in [3.05, 3.63) is 91.9 Å². The molecule has 0 aromatic heterocycles. The van der Waals surface area contributed by atoms with E-state index < -0.39 is 53.2 Å². The van der Waals surface area contributed by atoms with Crippen LogP contribution in [0.1, 0.15) is 80.8 Å². The zero-order valence-corrected chi connectivity index (χ0v) is 27.4. The highest BCUT2D eigenvalue weighted by atomic mass is 31.2. The molecule has 2 aromatic carbocycles. The van der Waals surface area contributed by atoms with Crippen LogP contribution in [0.5, 0.6) is 0 Å². The Hall–Kier alpha value is -4.11. The lowest BCUT2D eigenvalue weighted by atomic mass is 9.86. The quantitative estimate of drug-likeness (QED) is 0.0849. The van der Waals surface area contributed by atoms with Crippen molar-refractivity contribution in [1.29, 1.82) is 0 Å². The van der Waals surface area contributed by atoms with Gasteiger partial charge >= 0.3 is 0 Å². The van der Waals surface area contributed by atoms with Crippen LogP contribution in [0, 0.1) is 17.5 Å². The van der Waals surface area contributed by atoms with Crippen molar-refractivity contribution in [3.63, 3.8) is 0 Å². The SMILES string of the molecule is CC(C)(C)OP1(=O)C2=CC(=[N+]3CCCCC3)C=CC2=C(c2c(F)c(N=[N+]=[N-])c(F)c(F)c2C(=O)[O-])c2ccc(N3CCCCC3)cc21. The molecule has 13 heteroatoms. The zero-order valence-electron chi connectivity index (χ0n) is 26.5. The maximum absolute atomic E-state index is 16.4. The third kappa shape index (κ3) is 5.83. The molecule has 2 saturated heterocycles. The number of halogens is 3. The van der Waals surface area contributed by atoms with E-state index in [-0.39, 0.29) is 27.3 Å². The number of fused-ring (bicyclic) bond motifs is 2. The molecular formula is C34H35F3N5O4P. The summed E-state index contributed by atoms with van der Waals surface area (Å²) in [7, 11) is -4.04. The first-order valence-corrected chi connectivity index (χ1v) is 17.4. The van der Waals surface area contributed by atoms with Crippen LogP contribution in [0.15, 0.2) is 52.4 Å². The number of carboxylic acid groups (broad SMARTS) is 1. The average Bonchev–Trinajstić information content (AvgIpc) is 3.05. The molecule has 1 aliphatic carbocycles. The Kier molecular flexibility index (Phi) is 8.72. The van der Waals surface area contributed by atoms with Crippen molar-refractivity contribution in [2.45, 2.75) is 64.9 Å². The van der Waals surface area contributed by atoms with Crippen LogP contribution in [0.2, 0.25) is 0 Å². The third-order valence-electron chi connectivity index (χ3n) is 8.88. The van der Waals surface area contributed by atoms with Crippen molar-refractivity contribution in [2.24, 2.45) is 5.11 Å². The summed E-state index contributed by atoms with van der Waals surface area (Å²) in [6, 6.07) is 5.06. The number of anilines is 1. The number of carbonyl (C=O) groups is 1. The normalized spacial score (nSPS) is 21.2. The standard InChI is InChI=1S/C34H35F3N5O4P/c1-34(2,3)46-47(45)24-18-20(41-14-6-4-7-15-41)10-12-22(24)26(23-13-11-21(19-25(23)47)42-16-8-5-9-17-42)27-28(33(43)44)29(35)31(37)32(30(27)36)39-40-38/h10-13,18-19H,4-9,14-17H2,1-3H3. The van der Waals surface area contributed by atoms with Crippen LogP contribution in [0.3, 0.4) is 0 Å². The Morgan fingerprint density at radius 1 is 1.02 bits per heavy atom. The molecular weight excluding hydrogens is 630 g/mol. The minimum atomic E-state index is -4.04. The summed E-state index contributed by atoms with van der Waals surface area (Å²) < 4.78 is 71.2. The van der Waals surface area contributed by atoms with Gasteiger partial charge in [0.1, 0.15) is 24.6 Å². The molecule has 6 rings (SSSR count). The first-order chi connectivity index (χ1) is 22.4. The number of piperidine rings is 2. The van der Waals surface area contributed by atoms with Gasteiger partial charge < -0.3 is 19.3 Å². The molecule has 3 heterocycles. The van der Waals surface area contributed by atoms with Crippen LogP contribution < -0.4 is 15.3 Å². The van der Waals surface area contributed by atoms with E-state index >= 15 is 13.3 Å². The van der Waals surface area contributed by atoms with Gasteiger partial charge in [-0.05, 0) is 81.3 Å². The molecule has 0 bridgehead atoms. The van der Waals surface area contributed by atoms with Crippen LogP contribution in [-0.4, -0.2) is 48.0 Å². The predicted octanol–water partition coefficient (Wildman–Crippen LogP) is 7.02.